The molecule has 3 heteroatoms. The second kappa shape index (κ2) is 13.5. The molecular weight excluding hydrogens is 396 g/mol. The van der Waals surface area contributed by atoms with E-state index in [1.54, 1.807) is 0 Å². The van der Waals surface area contributed by atoms with E-state index in [1.165, 1.54) is 11.1 Å². The van der Waals surface area contributed by atoms with E-state index in [9.17, 15) is 15.0 Å². The Bertz CT molecular complexity index is 760. The van der Waals surface area contributed by atoms with E-state index in [0.29, 0.717) is 6.42 Å². The molecule has 3 unspecified atom stereocenters. The summed E-state index contributed by atoms with van der Waals surface area (Å²) in [6.07, 6.45) is 9.74. The van der Waals surface area contributed by atoms with Crippen molar-refractivity contribution in [2.45, 2.75) is 95.0 Å². The van der Waals surface area contributed by atoms with Crippen LogP contribution in [0.4, 0.5) is 0 Å². The highest BCUT2D eigenvalue weighted by atomic mass is 16.3. The average Bonchev–Trinajstić information content (AvgIpc) is 2.81. The van der Waals surface area contributed by atoms with Gasteiger partial charge in [-0.25, -0.2) is 0 Å². The SMILES string of the molecule is CC(CC=O)(CCCCC(O)CCCCC(C)(CCO)c1ccccc1)c1ccccc1. The van der Waals surface area contributed by atoms with Gasteiger partial charge in [-0.1, -0.05) is 100 Å². The zero-order valence-corrected chi connectivity index (χ0v) is 20.0. The Morgan fingerprint density at radius 1 is 0.750 bits per heavy atom. The van der Waals surface area contributed by atoms with Crippen molar-refractivity contribution in [3.8, 4) is 0 Å². The van der Waals surface area contributed by atoms with Crippen molar-refractivity contribution in [3.63, 3.8) is 0 Å². The minimum absolute atomic E-state index is 0.0125. The third kappa shape index (κ3) is 8.18. The van der Waals surface area contributed by atoms with E-state index in [1.807, 2.05) is 24.3 Å². The molecule has 2 N–H and O–H groups in total. The predicted octanol–water partition coefficient (Wildman–Crippen LogP) is 6.36. The summed E-state index contributed by atoms with van der Waals surface area (Å²) in [6, 6.07) is 20.7. The Balaban J connectivity index is 1.71. The van der Waals surface area contributed by atoms with E-state index < -0.39 is 0 Å². The van der Waals surface area contributed by atoms with Crippen molar-refractivity contribution in [2.75, 3.05) is 6.61 Å². The number of carbonyl (C=O) groups excluding carboxylic acids is 1. The number of unbranched alkanes of at least 4 members (excludes halogenated alkanes) is 2. The summed E-state index contributed by atoms with van der Waals surface area (Å²) < 4.78 is 0. The normalized spacial score (nSPS) is 16.1. The van der Waals surface area contributed by atoms with Crippen LogP contribution in [0.3, 0.4) is 0 Å². The molecule has 0 aliphatic rings. The zero-order chi connectivity index (χ0) is 23.3. The van der Waals surface area contributed by atoms with Gasteiger partial charge in [0, 0.05) is 13.0 Å². The first-order valence-corrected chi connectivity index (χ1v) is 12.3. The van der Waals surface area contributed by atoms with E-state index in [4.69, 9.17) is 0 Å². The number of aldehydes is 1. The molecule has 0 heterocycles. The molecule has 0 aliphatic carbocycles. The zero-order valence-electron chi connectivity index (χ0n) is 20.0. The number of aliphatic hydroxyl groups excluding tert-OH is 2. The third-order valence-electron chi connectivity index (χ3n) is 7.17. The van der Waals surface area contributed by atoms with Gasteiger partial charge in [0.1, 0.15) is 6.29 Å². The van der Waals surface area contributed by atoms with Crippen LogP contribution in [0.1, 0.15) is 89.2 Å². The highest BCUT2D eigenvalue weighted by Crippen LogP contribution is 2.34. The summed E-state index contributed by atoms with van der Waals surface area (Å²) >= 11 is 0. The van der Waals surface area contributed by atoms with Gasteiger partial charge in [-0.05, 0) is 54.1 Å². The van der Waals surface area contributed by atoms with E-state index in [0.717, 1.165) is 64.1 Å². The van der Waals surface area contributed by atoms with Crippen LogP contribution < -0.4 is 0 Å². The Morgan fingerprint density at radius 3 is 1.69 bits per heavy atom. The van der Waals surface area contributed by atoms with Gasteiger partial charge in [-0.2, -0.15) is 0 Å². The fourth-order valence-corrected chi connectivity index (χ4v) is 4.82. The van der Waals surface area contributed by atoms with Gasteiger partial charge in [-0.15, -0.1) is 0 Å². The van der Waals surface area contributed by atoms with Crippen LogP contribution in [-0.4, -0.2) is 29.2 Å². The molecule has 0 aliphatic heterocycles. The number of benzene rings is 2. The fraction of sp³-hybridized carbons (Fsp3) is 0.552. The van der Waals surface area contributed by atoms with E-state index in [-0.39, 0.29) is 23.5 Å². The molecule has 2 aromatic rings. The van der Waals surface area contributed by atoms with Crippen molar-refractivity contribution >= 4 is 6.29 Å². The van der Waals surface area contributed by atoms with E-state index in [2.05, 4.69) is 50.2 Å². The van der Waals surface area contributed by atoms with Crippen molar-refractivity contribution in [3.05, 3.63) is 71.8 Å². The smallest absolute Gasteiger partial charge is 0.120 e. The summed E-state index contributed by atoms with van der Waals surface area (Å²) in [6.45, 7) is 4.60. The van der Waals surface area contributed by atoms with Crippen molar-refractivity contribution in [1.29, 1.82) is 0 Å². The maximum absolute atomic E-state index is 11.2. The number of hydrogen-bond acceptors (Lipinski definition) is 3. The molecule has 176 valence electrons. The summed E-state index contributed by atoms with van der Waals surface area (Å²) in [4.78, 5) is 11.2. The fourth-order valence-electron chi connectivity index (χ4n) is 4.82. The quantitative estimate of drug-likeness (QED) is 0.237. The Labute approximate surface area is 194 Å². The maximum atomic E-state index is 11.2. The van der Waals surface area contributed by atoms with Crippen molar-refractivity contribution in [2.24, 2.45) is 0 Å². The standard InChI is InChI=1S/C29H42O3/c1-28(21-23-30,25-13-5-3-6-14-25)19-11-9-17-27(32)18-10-12-20-29(2,22-24-31)26-15-7-4-8-16-26/h3-8,13-16,23,27,31-32H,9-12,17-22,24H2,1-2H3. The van der Waals surface area contributed by atoms with Gasteiger partial charge in [0.05, 0.1) is 6.10 Å². The molecule has 3 nitrogen and oxygen atoms in total. The van der Waals surface area contributed by atoms with E-state index >= 15 is 0 Å². The van der Waals surface area contributed by atoms with Crippen LogP contribution in [0.15, 0.2) is 60.7 Å². The lowest BCUT2D eigenvalue weighted by atomic mass is 9.75. The number of aliphatic hydroxyl groups is 2. The molecule has 2 aromatic carbocycles. The molecule has 0 fully saturated rings. The minimum Gasteiger partial charge on any atom is -0.396 e. The number of carbonyl (C=O) groups is 1. The Hall–Kier alpha value is -1.97. The summed E-state index contributed by atoms with van der Waals surface area (Å²) in [5, 5.41) is 20.0. The van der Waals surface area contributed by atoms with Gasteiger partial charge in [-0.3, -0.25) is 0 Å². The maximum Gasteiger partial charge on any atom is 0.120 e. The summed E-state index contributed by atoms with van der Waals surface area (Å²) in [5.41, 5.74) is 2.37. The van der Waals surface area contributed by atoms with Crippen LogP contribution in [-0.2, 0) is 15.6 Å². The Kier molecular flexibility index (Phi) is 11.1. The van der Waals surface area contributed by atoms with Crippen LogP contribution >= 0.6 is 0 Å². The minimum atomic E-state index is -0.259. The molecule has 0 spiro atoms. The first kappa shape index (κ1) is 26.3. The highest BCUT2D eigenvalue weighted by molar-refractivity contribution is 5.53. The molecule has 0 amide bonds. The lowest BCUT2D eigenvalue weighted by Crippen LogP contribution is -2.23. The van der Waals surface area contributed by atoms with Crippen LogP contribution in [0.25, 0.3) is 0 Å². The second-order valence-electron chi connectivity index (χ2n) is 9.84. The molecule has 2 rings (SSSR count). The number of rotatable bonds is 16. The first-order valence-electron chi connectivity index (χ1n) is 12.3. The van der Waals surface area contributed by atoms with Gasteiger partial charge < -0.3 is 15.0 Å². The van der Waals surface area contributed by atoms with Crippen molar-refractivity contribution in [1.82, 2.24) is 0 Å². The summed E-state index contributed by atoms with van der Waals surface area (Å²) in [5.74, 6) is 0. The van der Waals surface area contributed by atoms with Crippen LogP contribution in [0.2, 0.25) is 0 Å². The van der Waals surface area contributed by atoms with Gasteiger partial charge >= 0.3 is 0 Å². The second-order valence-corrected chi connectivity index (χ2v) is 9.84. The van der Waals surface area contributed by atoms with Gasteiger partial charge in [0.2, 0.25) is 0 Å². The third-order valence-corrected chi connectivity index (χ3v) is 7.17. The molecule has 0 radical (unpaired) electrons. The highest BCUT2D eigenvalue weighted by Gasteiger charge is 2.26. The largest absolute Gasteiger partial charge is 0.396 e. The average molecular weight is 439 g/mol. The Morgan fingerprint density at radius 2 is 1.22 bits per heavy atom. The molecule has 0 bridgehead atoms. The first-order chi connectivity index (χ1) is 15.4. The van der Waals surface area contributed by atoms with Crippen molar-refractivity contribution < 1.29 is 15.0 Å². The molecule has 3 atom stereocenters. The molecule has 0 aromatic heterocycles. The molecule has 32 heavy (non-hydrogen) atoms. The topological polar surface area (TPSA) is 57.5 Å². The van der Waals surface area contributed by atoms with Crippen LogP contribution in [0, 0.1) is 0 Å². The molecule has 0 saturated heterocycles. The predicted molar refractivity (Wildman–Crippen MR) is 133 cm³/mol. The van der Waals surface area contributed by atoms with Gasteiger partial charge in [0.25, 0.3) is 0 Å². The number of hydrogen-bond donors (Lipinski definition) is 2. The molecular formula is C29H42O3. The van der Waals surface area contributed by atoms with Gasteiger partial charge in [0.15, 0.2) is 0 Å². The molecule has 0 saturated carbocycles. The summed E-state index contributed by atoms with van der Waals surface area (Å²) in [7, 11) is 0. The lowest BCUT2D eigenvalue weighted by molar-refractivity contribution is -0.108. The van der Waals surface area contributed by atoms with Crippen LogP contribution in [0.5, 0.6) is 0 Å². The lowest BCUT2D eigenvalue weighted by Gasteiger charge is -2.30. The monoisotopic (exact) mass is 438 g/mol.